The Labute approximate surface area is 833 Å². The van der Waals surface area contributed by atoms with Gasteiger partial charge in [0.2, 0.25) is 0 Å². The van der Waals surface area contributed by atoms with Gasteiger partial charge in [0.25, 0.3) is 0 Å². The van der Waals surface area contributed by atoms with Gasteiger partial charge in [0.15, 0.2) is 66.5 Å². The maximum Gasteiger partial charge on any atom is 0.475 e. The van der Waals surface area contributed by atoms with Crippen LogP contribution in [0, 0.1) is 94.7 Å². The Kier molecular flexibility index (Phi) is 32.5. The summed E-state index contributed by atoms with van der Waals surface area (Å²) < 4.78 is 84.8. The van der Waals surface area contributed by atoms with Crippen molar-refractivity contribution in [3.63, 3.8) is 0 Å². The van der Waals surface area contributed by atoms with E-state index in [1.54, 1.807) is 44.6 Å². The van der Waals surface area contributed by atoms with Crippen LogP contribution in [0.3, 0.4) is 0 Å². The van der Waals surface area contributed by atoms with Crippen LogP contribution < -0.4 is 0 Å². The molecule has 0 N–H and O–H groups in total. The van der Waals surface area contributed by atoms with Gasteiger partial charge in [-0.2, -0.15) is 0 Å². The van der Waals surface area contributed by atoms with E-state index in [0.717, 1.165) is 94.7 Å². The summed E-state index contributed by atoms with van der Waals surface area (Å²) in [5, 5.41) is 0. The van der Waals surface area contributed by atoms with E-state index in [2.05, 4.69) is 153 Å². The molecule has 0 saturated heterocycles. The van der Waals surface area contributed by atoms with Crippen LogP contribution in [0.1, 0.15) is 334 Å². The van der Waals surface area contributed by atoms with E-state index < -0.39 is 102 Å². The van der Waals surface area contributed by atoms with Crippen LogP contribution >= 0.6 is 0 Å². The van der Waals surface area contributed by atoms with Crippen molar-refractivity contribution in [2.45, 2.75) is 509 Å². The van der Waals surface area contributed by atoms with Gasteiger partial charge in [0, 0.05) is 22.2 Å². The molecule has 0 aliphatic heterocycles. The molecule has 0 spiro atoms. The number of allylic oxidation sites excluding steroid dienone is 16. The van der Waals surface area contributed by atoms with Crippen LogP contribution in [0.5, 0.6) is 0 Å². The van der Waals surface area contributed by atoms with Crippen molar-refractivity contribution in [3.05, 3.63) is 93.2 Å². The van der Waals surface area contributed by atoms with Gasteiger partial charge in [-0.25, -0.2) is 0 Å². The number of hydrogen-bond acceptors (Lipinski definition) is 10. The summed E-state index contributed by atoms with van der Waals surface area (Å²) in [4.78, 5) is 0. The van der Waals surface area contributed by atoms with Crippen molar-refractivity contribution in [2.24, 2.45) is 94.7 Å². The topological polar surface area (TPSA) is 92.3 Å². The Morgan fingerprint density at radius 2 is 0.291 bits per heavy atom. The highest BCUT2D eigenvalue weighted by atomic mass is 28.5. The molecule has 20 aliphatic rings. The minimum atomic E-state index is -3.47. The normalized spacial score (nSPS) is 33.9. The third kappa shape index (κ3) is 25.2. The van der Waals surface area contributed by atoms with E-state index in [4.69, 9.17) is 41.2 Å². The quantitative estimate of drug-likeness (QED) is 0.0433. The first-order chi connectivity index (χ1) is 63.8. The lowest BCUT2D eigenvalue weighted by molar-refractivity contribution is 0.138. The molecule has 20 rings (SSSR count). The Hall–Kier alpha value is 0.123. The van der Waals surface area contributed by atoms with E-state index in [1.165, 1.54) is 382 Å². The van der Waals surface area contributed by atoms with Crippen LogP contribution in [0.15, 0.2) is 93.2 Å². The van der Waals surface area contributed by atoms with Gasteiger partial charge in [-0.1, -0.05) is 170 Å². The highest BCUT2D eigenvalue weighted by molar-refractivity contribution is 6.96. The van der Waals surface area contributed by atoms with Gasteiger partial charge in [-0.15, -0.1) is 0 Å². The molecule has 0 aromatic rings. The molecule has 16 unspecified atom stereocenters. The summed E-state index contributed by atoms with van der Waals surface area (Å²) in [6.45, 7) is 41.1. The Morgan fingerprint density at radius 1 is 0.164 bits per heavy atom. The number of hydrogen-bond donors (Lipinski definition) is 0. The molecule has 752 valence electrons. The molecular formula is C112H196O10Si12. The molecule has 12 fully saturated rings. The standard InChI is InChI=1S/2C56H98O5Si6/c2*1-62(2,31-27-51-39-43-19-23-47(51)35-43)57-66(55-15-11-9-12-16-55,58-63(3,4)32-28-52-40-44-20-24-48(52)36-44)61-67(56-17-13-10-14-18-56,59-64(5,6)33-29-53-41-45-21-25-49(53)37-45)60-65(7,8)34-30-54-42-46-22-26-50(54)38-46/h2*39-50,55-56H,9-38H2,1-8H3. The molecule has 0 heterocycles. The summed E-state index contributed by atoms with van der Waals surface area (Å²) in [7, 11) is -32.5. The molecule has 16 bridgehead atoms. The molecule has 0 aromatic carbocycles. The van der Waals surface area contributed by atoms with Crippen LogP contribution in [-0.4, -0.2) is 102 Å². The number of fused-ring (bicyclic) bond motifs is 16. The first-order valence-corrected chi connectivity index (χ1v) is 90.6. The smallest absolute Gasteiger partial charge is 0.416 e. The lowest BCUT2D eigenvalue weighted by Crippen LogP contribution is -2.71. The average molecular weight is 2040 g/mol. The van der Waals surface area contributed by atoms with Crippen molar-refractivity contribution in [1.82, 2.24) is 0 Å². The summed E-state index contributed by atoms with van der Waals surface area (Å²) in [5.74, 6) is 13.3. The van der Waals surface area contributed by atoms with Crippen LogP contribution in [0.25, 0.3) is 0 Å². The fourth-order valence-corrected chi connectivity index (χ4v) is 89.5. The van der Waals surface area contributed by atoms with Crippen LogP contribution in [-0.2, 0) is 41.2 Å². The van der Waals surface area contributed by atoms with Gasteiger partial charge in [0.05, 0.1) is 0 Å². The molecule has 20 aliphatic carbocycles. The zero-order valence-corrected chi connectivity index (χ0v) is 101. The summed E-state index contributed by atoms with van der Waals surface area (Å²) >= 11 is 0. The van der Waals surface area contributed by atoms with E-state index >= 15 is 0 Å². The monoisotopic (exact) mass is 2040 g/mol. The predicted octanol–water partition coefficient (Wildman–Crippen LogP) is 34.8. The van der Waals surface area contributed by atoms with Gasteiger partial charge in [-0.05, 0) is 505 Å². The second-order valence-corrected chi connectivity index (χ2v) is 103. The van der Waals surface area contributed by atoms with Crippen molar-refractivity contribution < 1.29 is 41.2 Å². The molecule has 10 nitrogen and oxygen atoms in total. The molecular weight excluding hydrogens is 1840 g/mol. The molecule has 12 saturated carbocycles. The Balaban J connectivity index is 0.000000172. The van der Waals surface area contributed by atoms with Gasteiger partial charge >= 0.3 is 35.2 Å². The summed E-state index contributed by atoms with van der Waals surface area (Å²) in [6.07, 6.45) is 89.8. The second kappa shape index (κ2) is 42.4. The van der Waals surface area contributed by atoms with Gasteiger partial charge in [0.1, 0.15) is 0 Å². The fourth-order valence-electron chi connectivity index (χ4n) is 32.4. The maximum absolute atomic E-state index is 8.80. The molecule has 134 heavy (non-hydrogen) atoms. The minimum absolute atomic E-state index is 0.332. The summed E-state index contributed by atoms with van der Waals surface area (Å²) in [5.41, 5.74) is 15.4. The molecule has 0 aromatic heterocycles. The van der Waals surface area contributed by atoms with Crippen molar-refractivity contribution in [2.75, 3.05) is 0 Å². The molecule has 0 amide bonds. The predicted molar refractivity (Wildman–Crippen MR) is 588 cm³/mol. The van der Waals surface area contributed by atoms with E-state index in [-0.39, 0.29) is 0 Å². The Bertz CT molecular complexity index is 3540. The molecule has 22 heteroatoms. The van der Waals surface area contributed by atoms with E-state index in [0.29, 0.717) is 22.2 Å². The first-order valence-electron chi connectivity index (χ1n) is 58.5. The average Bonchev–Trinajstić information content (AvgIpc) is 1.38. The second-order valence-electron chi connectivity index (χ2n) is 54.9. The van der Waals surface area contributed by atoms with E-state index in [1.807, 2.05) is 0 Å². The van der Waals surface area contributed by atoms with Gasteiger partial charge < -0.3 is 41.2 Å². The minimum Gasteiger partial charge on any atom is -0.416 e. The largest absolute Gasteiger partial charge is 0.475 e. The third-order valence-corrected chi connectivity index (χ3v) is 89.3. The van der Waals surface area contributed by atoms with Crippen molar-refractivity contribution >= 4 is 102 Å². The third-order valence-electron chi connectivity index (χ3n) is 40.0. The fraction of sp³-hybridized carbons (Fsp3) is 0.857. The summed E-state index contributed by atoms with van der Waals surface area (Å²) in [6, 6.07) is 9.36. The molecule has 0 radical (unpaired) electrons. The maximum atomic E-state index is 8.80. The van der Waals surface area contributed by atoms with Crippen molar-refractivity contribution in [3.8, 4) is 0 Å². The Morgan fingerprint density at radius 3 is 0.396 bits per heavy atom. The first kappa shape index (κ1) is 103. The van der Waals surface area contributed by atoms with Crippen LogP contribution in [0.4, 0.5) is 0 Å². The lowest BCUT2D eigenvalue weighted by atomic mass is 9.97. The number of rotatable bonds is 48. The SMILES string of the molecule is C[Si](C)(CCC1=CC2CCC1C2)O[Si](O[Si](C)(C)CCC1=CC2CCC1C2)(O[Si](O[Si](C)(C)CCC1=CC2CCC1C2)(O[Si](C)(C)CCC1=CC2CCC1C2)C1CCCCC1)C1CCCCC1.C[Si](C)(CCC1=CC2CCC1C2)O[Si](O[Si](C)(C)CCC1=CC2CCC1C2)(O[Si](O[Si](C)(C)CCC1=CC2CCC1C2)(O[Si](C)(C)CCC1=CC2CCC1C2)C1CCCCC1)C1CCCCC1. The van der Waals surface area contributed by atoms with E-state index in [9.17, 15) is 0 Å². The lowest BCUT2D eigenvalue weighted by Gasteiger charge is -2.53. The van der Waals surface area contributed by atoms with Crippen molar-refractivity contribution in [1.29, 1.82) is 0 Å². The highest BCUT2D eigenvalue weighted by Crippen LogP contribution is 2.60. The highest BCUT2D eigenvalue weighted by Gasteiger charge is 2.69. The van der Waals surface area contributed by atoms with Gasteiger partial charge in [-0.3, -0.25) is 0 Å². The molecule has 16 atom stereocenters. The zero-order valence-electron chi connectivity index (χ0n) is 88.7. The zero-order chi connectivity index (χ0) is 93.3. The van der Waals surface area contributed by atoms with Crippen LogP contribution in [0.2, 0.25) is 175 Å².